The lowest BCUT2D eigenvalue weighted by atomic mass is 10.2. The molecule has 0 saturated carbocycles. The number of rotatable bonds is 4. The monoisotopic (exact) mass is 248 g/mol. The summed E-state index contributed by atoms with van der Waals surface area (Å²) in [7, 11) is 0. The quantitative estimate of drug-likeness (QED) is 0.635. The fourth-order valence-electron chi connectivity index (χ4n) is 1.53. The number of nitrogens with two attached hydrogens (primary N) is 1. The van der Waals surface area contributed by atoms with E-state index >= 15 is 0 Å². The molecule has 3 N–H and O–H groups in total. The summed E-state index contributed by atoms with van der Waals surface area (Å²) < 4.78 is 5.23. The van der Waals surface area contributed by atoms with E-state index in [0.29, 0.717) is 5.82 Å². The summed E-state index contributed by atoms with van der Waals surface area (Å²) in [4.78, 5) is 14.0. The fraction of sp³-hybridized carbons (Fsp3) is 0.182. The van der Waals surface area contributed by atoms with Gasteiger partial charge in [0.2, 0.25) is 5.82 Å². The molecule has 0 spiro atoms. The topological polar surface area (TPSA) is 107 Å². The van der Waals surface area contributed by atoms with Gasteiger partial charge in [-0.2, -0.15) is 0 Å². The van der Waals surface area contributed by atoms with Gasteiger partial charge in [0, 0.05) is 6.07 Å². The van der Waals surface area contributed by atoms with Gasteiger partial charge in [-0.15, -0.1) is 0 Å². The zero-order chi connectivity index (χ0) is 13.1. The zero-order valence-corrected chi connectivity index (χ0v) is 9.66. The number of aromatic nitrogens is 1. The first-order valence-corrected chi connectivity index (χ1v) is 5.29. The highest BCUT2D eigenvalue weighted by Crippen LogP contribution is 2.23. The molecule has 7 nitrogen and oxygen atoms in total. The molecule has 1 atom stereocenters. The van der Waals surface area contributed by atoms with Crippen LogP contribution in [0.1, 0.15) is 18.7 Å². The predicted octanol–water partition coefficient (Wildman–Crippen LogP) is 2.34. The second kappa shape index (κ2) is 4.74. The Morgan fingerprint density at radius 2 is 2.28 bits per heavy atom. The van der Waals surface area contributed by atoms with Gasteiger partial charge in [-0.25, -0.2) is 4.98 Å². The average Bonchev–Trinajstić information content (AvgIpc) is 2.81. The molecular formula is C11H12N4O3. The van der Waals surface area contributed by atoms with Gasteiger partial charge >= 0.3 is 5.69 Å². The van der Waals surface area contributed by atoms with Crippen LogP contribution in [0.4, 0.5) is 17.3 Å². The molecule has 2 aromatic heterocycles. The smallest absolute Gasteiger partial charge is 0.311 e. The maximum Gasteiger partial charge on any atom is 0.311 e. The van der Waals surface area contributed by atoms with Crippen molar-refractivity contribution >= 4 is 17.3 Å². The van der Waals surface area contributed by atoms with Crippen LogP contribution in [0.25, 0.3) is 0 Å². The highest BCUT2D eigenvalue weighted by atomic mass is 16.6. The number of anilines is 2. The van der Waals surface area contributed by atoms with Crippen LogP contribution in [-0.2, 0) is 0 Å². The van der Waals surface area contributed by atoms with Gasteiger partial charge in [0.25, 0.3) is 0 Å². The van der Waals surface area contributed by atoms with Crippen LogP contribution >= 0.6 is 0 Å². The molecule has 0 bridgehead atoms. The Balaban J connectivity index is 2.15. The third kappa shape index (κ3) is 2.40. The van der Waals surface area contributed by atoms with Crippen molar-refractivity contribution in [1.29, 1.82) is 0 Å². The lowest BCUT2D eigenvalue weighted by Gasteiger charge is -2.12. The molecule has 0 aliphatic heterocycles. The molecule has 2 aromatic rings. The zero-order valence-electron chi connectivity index (χ0n) is 9.66. The van der Waals surface area contributed by atoms with Gasteiger partial charge in [-0.05, 0) is 25.1 Å². The normalized spacial score (nSPS) is 12.1. The van der Waals surface area contributed by atoms with Crippen LogP contribution < -0.4 is 11.1 Å². The van der Waals surface area contributed by atoms with Gasteiger partial charge in [0.05, 0.1) is 17.2 Å². The fourth-order valence-corrected chi connectivity index (χ4v) is 1.53. The van der Waals surface area contributed by atoms with Crippen molar-refractivity contribution in [2.24, 2.45) is 0 Å². The van der Waals surface area contributed by atoms with Gasteiger partial charge in [-0.3, -0.25) is 10.1 Å². The largest absolute Gasteiger partial charge is 0.467 e. The van der Waals surface area contributed by atoms with Crippen LogP contribution in [0, 0.1) is 10.1 Å². The summed E-state index contributed by atoms with van der Waals surface area (Å²) in [6.07, 6.45) is 1.57. The summed E-state index contributed by atoms with van der Waals surface area (Å²) in [6, 6.07) is 6.33. The van der Waals surface area contributed by atoms with Crippen LogP contribution in [0.15, 0.2) is 34.9 Å². The first-order chi connectivity index (χ1) is 8.58. The van der Waals surface area contributed by atoms with Crippen molar-refractivity contribution < 1.29 is 9.34 Å². The second-order valence-electron chi connectivity index (χ2n) is 3.74. The molecule has 94 valence electrons. The molecule has 2 rings (SSSR count). The van der Waals surface area contributed by atoms with E-state index in [1.165, 1.54) is 12.1 Å². The molecule has 0 saturated heterocycles. The lowest BCUT2D eigenvalue weighted by molar-refractivity contribution is -0.384. The molecule has 7 heteroatoms. The van der Waals surface area contributed by atoms with E-state index in [4.69, 9.17) is 10.2 Å². The Kier molecular flexibility index (Phi) is 3.13. The van der Waals surface area contributed by atoms with Crippen LogP contribution in [0.3, 0.4) is 0 Å². The van der Waals surface area contributed by atoms with E-state index in [0.717, 1.165) is 5.76 Å². The summed E-state index contributed by atoms with van der Waals surface area (Å²) in [5.74, 6) is 1.09. The number of nitrogen functional groups attached to an aromatic ring is 1. The third-order valence-corrected chi connectivity index (χ3v) is 2.43. The molecule has 1 unspecified atom stereocenters. The van der Waals surface area contributed by atoms with E-state index in [1.807, 2.05) is 13.0 Å². The van der Waals surface area contributed by atoms with Crippen LogP contribution in [0.5, 0.6) is 0 Å². The Labute approximate surface area is 103 Å². The highest BCUT2D eigenvalue weighted by Gasteiger charge is 2.14. The number of pyridine rings is 1. The van der Waals surface area contributed by atoms with Crippen molar-refractivity contribution in [2.45, 2.75) is 13.0 Å². The molecular weight excluding hydrogens is 236 g/mol. The SMILES string of the molecule is CC(Nc1ccc([N+](=O)[O-])c(N)n1)c1ccco1. The van der Waals surface area contributed by atoms with Crippen molar-refractivity contribution in [2.75, 3.05) is 11.1 Å². The Morgan fingerprint density at radius 3 is 2.83 bits per heavy atom. The molecule has 0 fully saturated rings. The minimum absolute atomic E-state index is 0.103. The summed E-state index contributed by atoms with van der Waals surface area (Å²) in [5.41, 5.74) is 5.30. The minimum Gasteiger partial charge on any atom is -0.467 e. The highest BCUT2D eigenvalue weighted by molar-refractivity contribution is 5.57. The van der Waals surface area contributed by atoms with E-state index in [2.05, 4.69) is 10.3 Å². The molecule has 0 aromatic carbocycles. The summed E-state index contributed by atoms with van der Waals surface area (Å²) >= 11 is 0. The first-order valence-electron chi connectivity index (χ1n) is 5.29. The minimum atomic E-state index is -0.567. The molecule has 0 aliphatic carbocycles. The number of furan rings is 1. The lowest BCUT2D eigenvalue weighted by Crippen LogP contribution is -2.08. The number of nitrogens with zero attached hydrogens (tertiary/aromatic N) is 2. The first kappa shape index (κ1) is 11.9. The van der Waals surface area contributed by atoms with Gasteiger partial charge < -0.3 is 15.5 Å². The number of nitrogens with one attached hydrogen (secondary N) is 1. The van der Waals surface area contributed by atoms with Gasteiger partial charge in [0.1, 0.15) is 11.6 Å². The van der Waals surface area contributed by atoms with E-state index in [-0.39, 0.29) is 17.5 Å². The van der Waals surface area contributed by atoms with Gasteiger partial charge in [-0.1, -0.05) is 0 Å². The Hall–Kier alpha value is -2.57. The van der Waals surface area contributed by atoms with Gasteiger partial charge in [0.15, 0.2) is 0 Å². The van der Waals surface area contributed by atoms with Crippen molar-refractivity contribution in [1.82, 2.24) is 4.98 Å². The molecule has 0 amide bonds. The summed E-state index contributed by atoms with van der Waals surface area (Å²) in [5, 5.41) is 13.6. The Morgan fingerprint density at radius 1 is 1.50 bits per heavy atom. The van der Waals surface area contributed by atoms with Crippen molar-refractivity contribution in [3.8, 4) is 0 Å². The average molecular weight is 248 g/mol. The number of hydrogen-bond donors (Lipinski definition) is 2. The Bertz CT molecular complexity index is 553. The van der Waals surface area contributed by atoms with E-state index in [9.17, 15) is 10.1 Å². The third-order valence-electron chi connectivity index (χ3n) is 2.43. The molecule has 18 heavy (non-hydrogen) atoms. The van der Waals surface area contributed by atoms with Crippen LogP contribution in [-0.4, -0.2) is 9.91 Å². The number of nitro groups is 1. The maximum absolute atomic E-state index is 10.6. The maximum atomic E-state index is 10.6. The molecule has 0 radical (unpaired) electrons. The van der Waals surface area contributed by atoms with Crippen molar-refractivity contribution in [3.63, 3.8) is 0 Å². The second-order valence-corrected chi connectivity index (χ2v) is 3.74. The molecule has 2 heterocycles. The van der Waals surface area contributed by atoms with E-state index < -0.39 is 4.92 Å². The van der Waals surface area contributed by atoms with Crippen molar-refractivity contribution in [3.05, 3.63) is 46.4 Å². The molecule has 0 aliphatic rings. The van der Waals surface area contributed by atoms with Crippen LogP contribution in [0.2, 0.25) is 0 Å². The standard InChI is InChI=1S/C11H12N4O3/c1-7(9-3-2-6-18-9)13-10-5-4-8(15(16)17)11(12)14-10/h2-7H,1H3,(H3,12,13,14). The number of hydrogen-bond acceptors (Lipinski definition) is 6. The summed E-state index contributed by atoms with van der Waals surface area (Å²) in [6.45, 7) is 1.89. The van der Waals surface area contributed by atoms with E-state index in [1.54, 1.807) is 12.3 Å². The predicted molar refractivity (Wildman–Crippen MR) is 66.0 cm³/mol.